The molecular weight excluding hydrogens is 604 g/mol. The summed E-state index contributed by atoms with van der Waals surface area (Å²) < 4.78 is 16.6. The molecule has 0 aliphatic carbocycles. The first-order chi connectivity index (χ1) is 23.4. The lowest BCUT2D eigenvalue weighted by Gasteiger charge is -2.32. The van der Waals surface area contributed by atoms with Gasteiger partial charge in [0.15, 0.2) is 0 Å². The van der Waals surface area contributed by atoms with E-state index in [1.165, 1.54) is 32.1 Å². The Morgan fingerprint density at radius 2 is 1.21 bits per heavy atom. The van der Waals surface area contributed by atoms with Crippen molar-refractivity contribution in [1.29, 1.82) is 0 Å². The van der Waals surface area contributed by atoms with E-state index in [0.717, 1.165) is 90.4 Å². The molecule has 1 aliphatic rings. The van der Waals surface area contributed by atoms with Crippen LogP contribution in [0.2, 0.25) is 0 Å². The lowest BCUT2D eigenvalue weighted by Crippen LogP contribution is -2.45. The Morgan fingerprint density at radius 3 is 1.79 bits per heavy atom. The number of allylic oxidation sites excluding steroid dienone is 5. The van der Waals surface area contributed by atoms with Crippen LogP contribution in [0.4, 0.5) is 0 Å². The molecule has 1 rings (SSSR count). The Labute approximate surface area is 293 Å². The molecular formula is C40H70N2O6. The zero-order valence-electron chi connectivity index (χ0n) is 31.0. The van der Waals surface area contributed by atoms with Crippen LogP contribution in [-0.4, -0.2) is 87.3 Å². The summed E-state index contributed by atoms with van der Waals surface area (Å²) in [6, 6.07) is 0. The zero-order valence-corrected chi connectivity index (χ0v) is 31.0. The molecule has 0 N–H and O–H groups in total. The van der Waals surface area contributed by atoms with Crippen LogP contribution in [0.15, 0.2) is 37.0 Å². The Morgan fingerprint density at radius 1 is 0.667 bits per heavy atom. The first-order valence-corrected chi connectivity index (χ1v) is 19.2. The van der Waals surface area contributed by atoms with Gasteiger partial charge in [0.05, 0.1) is 12.3 Å². The summed E-state index contributed by atoms with van der Waals surface area (Å²) in [6.45, 7) is 12.9. The number of ether oxygens (including phenoxy) is 3. The van der Waals surface area contributed by atoms with Crippen molar-refractivity contribution in [3.05, 3.63) is 37.0 Å². The average Bonchev–Trinajstić information content (AvgIpc) is 3.08. The number of carbonyl (C=O) groups excluding carboxylic acids is 3. The van der Waals surface area contributed by atoms with Crippen molar-refractivity contribution in [2.45, 2.75) is 129 Å². The van der Waals surface area contributed by atoms with E-state index in [1.54, 1.807) is 0 Å². The molecule has 0 aromatic rings. The molecule has 1 saturated heterocycles. The van der Waals surface area contributed by atoms with Crippen LogP contribution < -0.4 is 0 Å². The molecule has 0 radical (unpaired) electrons. The summed E-state index contributed by atoms with van der Waals surface area (Å²) >= 11 is 0. The highest BCUT2D eigenvalue weighted by Gasteiger charge is 2.19. The van der Waals surface area contributed by atoms with E-state index in [2.05, 4.69) is 61.6 Å². The third kappa shape index (κ3) is 25.6. The van der Waals surface area contributed by atoms with Crippen molar-refractivity contribution in [2.75, 3.05) is 59.6 Å². The van der Waals surface area contributed by atoms with Crippen LogP contribution in [0, 0.1) is 11.8 Å². The number of hydrogen-bond acceptors (Lipinski definition) is 8. The molecule has 0 bridgehead atoms. The maximum Gasteiger partial charge on any atom is 0.307 e. The van der Waals surface area contributed by atoms with Gasteiger partial charge in [-0.15, -0.1) is 6.58 Å². The van der Waals surface area contributed by atoms with Gasteiger partial charge in [-0.3, -0.25) is 14.4 Å². The predicted molar refractivity (Wildman–Crippen MR) is 197 cm³/mol. The molecule has 48 heavy (non-hydrogen) atoms. The van der Waals surface area contributed by atoms with Gasteiger partial charge in [0.25, 0.3) is 0 Å². The minimum atomic E-state index is -0.390. The monoisotopic (exact) mass is 675 g/mol. The van der Waals surface area contributed by atoms with E-state index >= 15 is 0 Å². The van der Waals surface area contributed by atoms with Crippen molar-refractivity contribution in [3.63, 3.8) is 0 Å². The molecule has 2 atom stereocenters. The van der Waals surface area contributed by atoms with Crippen molar-refractivity contribution in [2.24, 2.45) is 11.8 Å². The van der Waals surface area contributed by atoms with Crippen LogP contribution in [0.5, 0.6) is 0 Å². The lowest BCUT2D eigenvalue weighted by molar-refractivity contribution is -0.153. The van der Waals surface area contributed by atoms with E-state index in [9.17, 15) is 14.4 Å². The van der Waals surface area contributed by atoms with Gasteiger partial charge in [-0.2, -0.15) is 0 Å². The topological polar surface area (TPSA) is 85.4 Å². The quantitative estimate of drug-likeness (QED) is 0.0325. The molecule has 0 aromatic carbocycles. The zero-order chi connectivity index (χ0) is 35.1. The van der Waals surface area contributed by atoms with Gasteiger partial charge in [0, 0.05) is 45.6 Å². The Kier molecular flexibility index (Phi) is 27.8. The second kappa shape index (κ2) is 30.6. The predicted octanol–water partition coefficient (Wildman–Crippen LogP) is 8.46. The molecule has 8 heteroatoms. The normalized spacial score (nSPS) is 15.5. The number of rotatable bonds is 30. The van der Waals surface area contributed by atoms with Crippen molar-refractivity contribution >= 4 is 17.9 Å². The largest absolute Gasteiger partial charge is 0.465 e. The molecule has 0 spiro atoms. The maximum atomic E-state index is 12.5. The third-order valence-corrected chi connectivity index (χ3v) is 9.07. The second-order valence-corrected chi connectivity index (χ2v) is 13.5. The summed E-state index contributed by atoms with van der Waals surface area (Å²) in [5.41, 5.74) is 0. The van der Waals surface area contributed by atoms with Crippen LogP contribution in [0.1, 0.15) is 129 Å². The van der Waals surface area contributed by atoms with Gasteiger partial charge in [-0.25, -0.2) is 0 Å². The molecule has 276 valence electrons. The fourth-order valence-electron chi connectivity index (χ4n) is 5.65. The summed E-state index contributed by atoms with van der Waals surface area (Å²) in [6.07, 6.45) is 28.2. The summed E-state index contributed by atoms with van der Waals surface area (Å²) in [5, 5.41) is 0. The minimum Gasteiger partial charge on any atom is -0.465 e. The van der Waals surface area contributed by atoms with Gasteiger partial charge in [0.1, 0.15) is 19.8 Å². The SMILES string of the molecule is C=CCC(CC)CCCC(=O)OCC(COC(=O)CCCCCCC/C=C\C/C=C\CCCCC)COC(=O)CCN1CCN(C)CC1. The van der Waals surface area contributed by atoms with Crippen LogP contribution in [-0.2, 0) is 28.6 Å². The van der Waals surface area contributed by atoms with Gasteiger partial charge in [-0.05, 0) is 70.8 Å². The van der Waals surface area contributed by atoms with Crippen molar-refractivity contribution < 1.29 is 28.6 Å². The van der Waals surface area contributed by atoms with Gasteiger partial charge in [0.2, 0.25) is 0 Å². The molecule has 1 fully saturated rings. The second-order valence-electron chi connectivity index (χ2n) is 13.5. The molecule has 0 aromatic heterocycles. The fourth-order valence-corrected chi connectivity index (χ4v) is 5.65. The molecule has 1 heterocycles. The fraction of sp³-hybridized carbons (Fsp3) is 0.775. The highest BCUT2D eigenvalue weighted by molar-refractivity contribution is 5.70. The van der Waals surface area contributed by atoms with Crippen LogP contribution >= 0.6 is 0 Å². The van der Waals surface area contributed by atoms with Gasteiger partial charge < -0.3 is 24.0 Å². The standard InChI is InChI=1S/C40H70N2O6/c1-5-8-9-10-11-12-13-14-15-16-17-18-19-20-21-25-38(43)46-33-37(34-47-39(44)26-22-24-36(7-3)23-6-2)35-48-40(45)27-28-42-31-29-41(4)30-32-42/h6,11-12,14-15,36-37H,2,5,7-10,13,16-35H2,1,3-4H3/b12-11-,15-14-. The summed E-state index contributed by atoms with van der Waals surface area (Å²) in [5.74, 6) is -0.668. The van der Waals surface area contributed by atoms with E-state index in [-0.39, 0.29) is 43.6 Å². The summed E-state index contributed by atoms with van der Waals surface area (Å²) in [4.78, 5) is 42.0. The van der Waals surface area contributed by atoms with E-state index in [1.807, 2.05) is 6.08 Å². The number of likely N-dealkylation sites (N-methyl/N-ethyl adjacent to an activating group) is 1. The number of piperazine rings is 1. The molecule has 2 unspecified atom stereocenters. The van der Waals surface area contributed by atoms with E-state index in [0.29, 0.717) is 31.7 Å². The Balaban J connectivity index is 2.32. The number of unbranched alkanes of at least 4 members (excludes halogenated alkanes) is 8. The van der Waals surface area contributed by atoms with Gasteiger partial charge in [-0.1, -0.05) is 82.8 Å². The summed E-state index contributed by atoms with van der Waals surface area (Å²) in [7, 11) is 2.10. The highest BCUT2D eigenvalue weighted by atomic mass is 16.6. The molecule has 8 nitrogen and oxygen atoms in total. The van der Waals surface area contributed by atoms with Gasteiger partial charge >= 0.3 is 17.9 Å². The molecule has 0 amide bonds. The van der Waals surface area contributed by atoms with E-state index < -0.39 is 0 Å². The number of esters is 3. The highest BCUT2D eigenvalue weighted by Crippen LogP contribution is 2.17. The number of carbonyl (C=O) groups is 3. The van der Waals surface area contributed by atoms with Crippen LogP contribution in [0.25, 0.3) is 0 Å². The first-order valence-electron chi connectivity index (χ1n) is 19.2. The van der Waals surface area contributed by atoms with Crippen molar-refractivity contribution in [1.82, 2.24) is 9.80 Å². The number of nitrogens with zero attached hydrogens (tertiary/aromatic N) is 2. The molecule has 1 aliphatic heterocycles. The number of hydrogen-bond donors (Lipinski definition) is 0. The Hall–Kier alpha value is -2.45. The van der Waals surface area contributed by atoms with Crippen molar-refractivity contribution in [3.8, 4) is 0 Å². The molecule has 0 saturated carbocycles. The lowest BCUT2D eigenvalue weighted by atomic mass is 9.96. The average molecular weight is 675 g/mol. The van der Waals surface area contributed by atoms with E-state index in [4.69, 9.17) is 14.2 Å². The maximum absolute atomic E-state index is 12.5. The minimum absolute atomic E-state index is 0.0586. The Bertz CT molecular complexity index is 896. The smallest absolute Gasteiger partial charge is 0.307 e. The van der Waals surface area contributed by atoms with Crippen LogP contribution in [0.3, 0.4) is 0 Å². The first kappa shape index (κ1) is 43.6. The third-order valence-electron chi connectivity index (χ3n) is 9.07.